The Morgan fingerprint density at radius 1 is 1.00 bits per heavy atom. The Kier molecular flexibility index (Phi) is 130. The second-order valence-electron chi connectivity index (χ2n) is 0. The predicted molar refractivity (Wildman–Crippen MR) is 32.8 cm³/mol. The maximum absolute atomic E-state index is 2.25. The molecule has 0 heterocycles. The van der Waals surface area contributed by atoms with Crippen molar-refractivity contribution >= 4 is 77.9 Å². The Bertz CT molecular complexity index is 9.61. The minimum atomic E-state index is 0. The van der Waals surface area contributed by atoms with Crippen molar-refractivity contribution in [1.82, 2.24) is 0 Å². The molecule has 0 rings (SSSR count). The molecule has 0 saturated heterocycles. The molecule has 1 radical (unpaired) electrons. The van der Waals surface area contributed by atoms with Crippen LogP contribution in [0.2, 0.25) is 0 Å². The van der Waals surface area contributed by atoms with Gasteiger partial charge in [0.1, 0.15) is 0 Å². The van der Waals surface area contributed by atoms with Gasteiger partial charge in [0.15, 0.2) is 0 Å². The van der Waals surface area contributed by atoms with Gasteiger partial charge in [-0.15, -0.1) is 0 Å². The van der Waals surface area contributed by atoms with Crippen LogP contribution in [-0.4, -0.2) is 77.9 Å². The van der Waals surface area contributed by atoms with E-state index < -0.39 is 0 Å². The standard InChI is InChI=1S/Cu.In.H2Se2.H2Te.3H/c;;1-2;;;;/h;;1-2H;1H2;;;. The van der Waals surface area contributed by atoms with Gasteiger partial charge >= 0.3 is 77.9 Å². The van der Waals surface area contributed by atoms with Gasteiger partial charge in [0.05, 0.1) is 0 Å². The zero-order chi connectivity index (χ0) is 2.00. The Hall–Kier alpha value is 3.22. The van der Waals surface area contributed by atoms with Gasteiger partial charge in [0.2, 0.25) is 0 Å². The first-order valence-corrected chi connectivity index (χ1v) is 5.40. The second kappa shape index (κ2) is 26.9. The van der Waals surface area contributed by atoms with E-state index in [0.717, 1.165) is 0 Å². The summed E-state index contributed by atoms with van der Waals surface area (Å²) >= 11 is 4.50. The van der Waals surface area contributed by atoms with Crippen LogP contribution in [0.15, 0.2) is 0 Å². The third-order valence-electron chi connectivity index (χ3n) is 0. The third-order valence-corrected chi connectivity index (χ3v) is 0. The molecule has 0 N–H and O–H groups in total. The summed E-state index contributed by atoms with van der Waals surface area (Å²) in [5.74, 6) is 0. The van der Waals surface area contributed by atoms with Gasteiger partial charge in [-0.25, -0.2) is 0 Å². The molecule has 0 aromatic carbocycles. The fourth-order valence-corrected chi connectivity index (χ4v) is 0. The van der Waals surface area contributed by atoms with Crippen LogP contribution < -0.4 is 0 Å². The molecule has 0 aromatic rings. The summed E-state index contributed by atoms with van der Waals surface area (Å²) < 4.78 is 0. The molecule has 0 aliphatic heterocycles. The van der Waals surface area contributed by atoms with Crippen LogP contribution in [0.4, 0.5) is 0 Å². The molecule has 39 valence electrons. The van der Waals surface area contributed by atoms with E-state index in [1.54, 1.807) is 0 Å². The molecule has 5 heavy (non-hydrogen) atoms. The summed E-state index contributed by atoms with van der Waals surface area (Å²) in [6, 6.07) is 0. The van der Waals surface area contributed by atoms with Crippen molar-refractivity contribution in [2.24, 2.45) is 0 Å². The van der Waals surface area contributed by atoms with Crippen molar-refractivity contribution in [1.29, 1.82) is 0 Å². The summed E-state index contributed by atoms with van der Waals surface area (Å²) in [7, 11) is 0. The summed E-state index contributed by atoms with van der Waals surface area (Å²) in [5.41, 5.74) is 0. The Balaban J connectivity index is -0.00000000167. The van der Waals surface area contributed by atoms with E-state index in [2.05, 4.69) is 28.4 Å². The fourth-order valence-electron chi connectivity index (χ4n) is 0. The van der Waals surface area contributed by atoms with Gasteiger partial charge in [0, 0.05) is 17.1 Å². The van der Waals surface area contributed by atoms with Crippen LogP contribution in [0.3, 0.4) is 0 Å². The molecule has 0 aliphatic rings. The Morgan fingerprint density at radius 2 is 1.00 bits per heavy atom. The van der Waals surface area contributed by atoms with Crippen LogP contribution in [0.5, 0.6) is 0 Å². The number of hydrogen-bond acceptors (Lipinski definition) is 0. The zero-order valence-corrected chi connectivity index (χ0v) is 9.24. The SMILES string of the molecule is [Cu].[InH3].[SeH][SeH].[TeH2]. The average Bonchev–Trinajstić information content (AvgIpc) is 1.00. The fraction of sp³-hybridized carbons (Fsp3) is 0. The molecule has 0 amide bonds. The van der Waals surface area contributed by atoms with Crippen LogP contribution in [0.25, 0.3) is 0 Å². The molecule has 0 bridgehead atoms. The van der Waals surface area contributed by atoms with E-state index in [1.807, 2.05) is 0 Å². The monoisotopic (exact) mass is 475 g/mol. The molecule has 0 unspecified atom stereocenters. The first-order valence-electron chi connectivity index (χ1n) is 0.200. The van der Waals surface area contributed by atoms with E-state index in [4.69, 9.17) is 0 Å². The van der Waals surface area contributed by atoms with E-state index >= 15 is 0 Å². The Morgan fingerprint density at radius 3 is 1.00 bits per heavy atom. The van der Waals surface area contributed by atoms with Gasteiger partial charge in [-0.1, -0.05) is 0 Å². The van der Waals surface area contributed by atoms with Gasteiger partial charge in [0.25, 0.3) is 0 Å². The molecule has 0 fully saturated rings. The summed E-state index contributed by atoms with van der Waals surface area (Å²) in [4.78, 5) is 0. The quantitative estimate of drug-likeness (QED) is 0.324. The van der Waals surface area contributed by atoms with E-state index in [-0.39, 0.29) is 66.6 Å². The molecule has 0 saturated carbocycles. The molecular formula is H7CuInSe2Te. The molecular weight excluding hydrogens is 464 g/mol. The predicted octanol–water partition coefficient (Wildman–Crippen LogP) is -3.40. The Labute approximate surface area is 93.2 Å². The van der Waals surface area contributed by atoms with Gasteiger partial charge in [-0.05, 0) is 0 Å². The van der Waals surface area contributed by atoms with Crippen LogP contribution in [-0.2, 0) is 17.1 Å². The van der Waals surface area contributed by atoms with Gasteiger partial charge < -0.3 is 0 Å². The normalized spacial score (nSPS) is 1.20. The summed E-state index contributed by atoms with van der Waals surface area (Å²) in [6.07, 6.45) is 0. The first kappa shape index (κ1) is 24.1. The van der Waals surface area contributed by atoms with Gasteiger partial charge in [-0.3, -0.25) is 0 Å². The van der Waals surface area contributed by atoms with Crippen molar-refractivity contribution in [3.05, 3.63) is 0 Å². The van der Waals surface area contributed by atoms with Crippen molar-refractivity contribution in [3.63, 3.8) is 0 Å². The molecule has 0 atom stereocenters. The van der Waals surface area contributed by atoms with Crippen molar-refractivity contribution in [2.75, 3.05) is 0 Å². The maximum atomic E-state index is 2.25. The van der Waals surface area contributed by atoms with E-state index in [9.17, 15) is 0 Å². The average molecular weight is 471 g/mol. The molecule has 0 nitrogen and oxygen atoms in total. The van der Waals surface area contributed by atoms with Crippen LogP contribution in [0, 0.1) is 0 Å². The van der Waals surface area contributed by atoms with Crippen LogP contribution in [0.1, 0.15) is 0 Å². The van der Waals surface area contributed by atoms with E-state index in [1.165, 1.54) is 0 Å². The summed E-state index contributed by atoms with van der Waals surface area (Å²) in [6.45, 7) is 0. The summed E-state index contributed by atoms with van der Waals surface area (Å²) in [5, 5.41) is 0. The topological polar surface area (TPSA) is 0 Å². The van der Waals surface area contributed by atoms with Crippen molar-refractivity contribution < 1.29 is 17.1 Å². The second-order valence-corrected chi connectivity index (χ2v) is 0. The third kappa shape index (κ3) is 19.0. The van der Waals surface area contributed by atoms with E-state index in [0.29, 0.717) is 0 Å². The molecule has 0 aliphatic carbocycles. The van der Waals surface area contributed by atoms with Crippen molar-refractivity contribution in [3.8, 4) is 0 Å². The van der Waals surface area contributed by atoms with Crippen LogP contribution >= 0.6 is 0 Å². The minimum absolute atomic E-state index is 0. The zero-order valence-electron chi connectivity index (χ0n) is 1.70. The molecule has 0 aromatic heterocycles. The van der Waals surface area contributed by atoms with Gasteiger partial charge in [-0.2, -0.15) is 0 Å². The van der Waals surface area contributed by atoms with Crippen molar-refractivity contribution in [2.45, 2.75) is 0 Å². The number of hydrogen-bond donors (Lipinski definition) is 0. The first-order chi connectivity index (χ1) is 1.00. The molecule has 5 heteroatoms. The molecule has 0 spiro atoms. The number of rotatable bonds is 0.